The summed E-state index contributed by atoms with van der Waals surface area (Å²) < 4.78 is 23.4. The molecule has 11 heteroatoms. The maximum absolute atomic E-state index is 13.9. The molecule has 0 unspecified atom stereocenters. The summed E-state index contributed by atoms with van der Waals surface area (Å²) in [5.41, 5.74) is 5.94. The molecule has 0 bridgehead atoms. The molecule has 0 amide bonds. The molecule has 4 aromatic heterocycles. The molecule has 2 fully saturated rings. The number of carbonyl (C=O) groups is 1. The number of carbonyl (C=O) groups excluding carboxylic acids is 1. The van der Waals surface area contributed by atoms with Gasteiger partial charge in [0.25, 0.3) is 0 Å². The van der Waals surface area contributed by atoms with Crippen LogP contribution in [-0.4, -0.2) is 97.2 Å². The Hall–Kier alpha value is -4.84. The number of ether oxygens (including phenoxy) is 1. The number of aromatic nitrogens is 6. The number of hydrogen-bond acceptors (Lipinski definition) is 8. The fourth-order valence-electron chi connectivity index (χ4n) is 6.98. The Morgan fingerprint density at radius 3 is 2.46 bits per heavy atom. The highest BCUT2D eigenvalue weighted by atomic mass is 19.1. The summed E-state index contributed by atoms with van der Waals surface area (Å²) >= 11 is 0. The third-order valence-electron chi connectivity index (χ3n) is 9.60. The van der Waals surface area contributed by atoms with Crippen molar-refractivity contribution >= 4 is 22.3 Å². The molecule has 10 nitrogen and oxygen atoms in total. The van der Waals surface area contributed by atoms with E-state index in [0.717, 1.165) is 98.9 Å². The molecule has 2 aromatic carbocycles. The molecule has 6 aromatic rings. The predicted molar refractivity (Wildman–Crippen MR) is 181 cm³/mol. The molecule has 2 aliphatic heterocycles. The Morgan fingerprint density at radius 1 is 0.875 bits per heavy atom. The van der Waals surface area contributed by atoms with Crippen molar-refractivity contribution in [3.05, 3.63) is 103 Å². The predicted octanol–water partition coefficient (Wildman–Crippen LogP) is 5.34. The molecule has 0 atom stereocenters. The molecule has 2 aliphatic rings. The number of benzene rings is 2. The van der Waals surface area contributed by atoms with E-state index < -0.39 is 0 Å². The second kappa shape index (κ2) is 13.3. The molecule has 244 valence electrons. The van der Waals surface area contributed by atoms with E-state index in [1.54, 1.807) is 28.9 Å². The number of Topliss-reactive ketones (excluding diaryl/α,β-unsaturated/α-hetero) is 1. The molecule has 8 rings (SSSR count). The SMILES string of the molecule is O=C(Cc1cn2nc(-c3c(-c4ccc(F)cc4)ncn3C3CCN(CCN4CCOCC4)CC3)ccc2n1)c1ccnc2ccccc12. The maximum Gasteiger partial charge on any atom is 0.169 e. The monoisotopic (exact) mass is 644 g/mol. The minimum Gasteiger partial charge on any atom is -0.379 e. The van der Waals surface area contributed by atoms with E-state index in [9.17, 15) is 9.18 Å². The molecule has 0 spiro atoms. The number of nitrogens with zero attached hydrogens (tertiary/aromatic N) is 8. The summed E-state index contributed by atoms with van der Waals surface area (Å²) in [5, 5.41) is 5.83. The number of piperidine rings is 1. The van der Waals surface area contributed by atoms with Gasteiger partial charge in [0.05, 0.1) is 54.8 Å². The van der Waals surface area contributed by atoms with Crippen LogP contribution in [0.3, 0.4) is 0 Å². The number of rotatable bonds is 9. The van der Waals surface area contributed by atoms with Gasteiger partial charge < -0.3 is 14.2 Å². The first kappa shape index (κ1) is 30.5. The Bertz CT molecular complexity index is 2050. The fraction of sp³-hybridized carbons (Fsp3) is 0.324. The Balaban J connectivity index is 1.06. The van der Waals surface area contributed by atoms with Gasteiger partial charge in [-0.3, -0.25) is 14.7 Å². The lowest BCUT2D eigenvalue weighted by Crippen LogP contribution is -2.43. The normalized spacial score (nSPS) is 16.6. The van der Waals surface area contributed by atoms with E-state index in [4.69, 9.17) is 19.8 Å². The highest BCUT2D eigenvalue weighted by molar-refractivity contribution is 6.07. The van der Waals surface area contributed by atoms with Crippen molar-refractivity contribution in [2.24, 2.45) is 0 Å². The van der Waals surface area contributed by atoms with Gasteiger partial charge >= 0.3 is 0 Å². The van der Waals surface area contributed by atoms with Crippen molar-refractivity contribution in [2.75, 3.05) is 52.5 Å². The van der Waals surface area contributed by atoms with Crippen LogP contribution in [0.2, 0.25) is 0 Å². The highest BCUT2D eigenvalue weighted by Crippen LogP contribution is 2.35. The highest BCUT2D eigenvalue weighted by Gasteiger charge is 2.26. The Morgan fingerprint density at radius 2 is 1.65 bits per heavy atom. The van der Waals surface area contributed by atoms with Crippen molar-refractivity contribution < 1.29 is 13.9 Å². The summed E-state index contributed by atoms with van der Waals surface area (Å²) in [4.78, 5) is 32.4. The zero-order valence-corrected chi connectivity index (χ0v) is 26.7. The van der Waals surface area contributed by atoms with Crippen molar-refractivity contribution in [3.8, 4) is 22.6 Å². The number of halogens is 1. The van der Waals surface area contributed by atoms with Gasteiger partial charge in [0.15, 0.2) is 11.4 Å². The van der Waals surface area contributed by atoms with E-state index in [1.807, 2.05) is 48.9 Å². The quantitative estimate of drug-likeness (QED) is 0.195. The second-order valence-electron chi connectivity index (χ2n) is 12.6. The van der Waals surface area contributed by atoms with Crippen molar-refractivity contribution in [2.45, 2.75) is 25.3 Å². The summed E-state index contributed by atoms with van der Waals surface area (Å²) in [6.45, 7) is 7.82. The third kappa shape index (κ3) is 6.24. The van der Waals surface area contributed by atoms with Crippen molar-refractivity contribution in [1.29, 1.82) is 0 Å². The molecule has 2 saturated heterocycles. The number of para-hydroxylation sites is 1. The van der Waals surface area contributed by atoms with Gasteiger partial charge in [-0.25, -0.2) is 18.9 Å². The van der Waals surface area contributed by atoms with Gasteiger partial charge in [0.2, 0.25) is 0 Å². The van der Waals surface area contributed by atoms with Crippen molar-refractivity contribution in [1.82, 2.24) is 38.9 Å². The van der Waals surface area contributed by atoms with E-state index in [0.29, 0.717) is 16.9 Å². The van der Waals surface area contributed by atoms with Gasteiger partial charge in [-0.2, -0.15) is 5.10 Å². The number of pyridine rings is 1. The smallest absolute Gasteiger partial charge is 0.169 e. The number of likely N-dealkylation sites (tertiary alicyclic amines) is 1. The topological polar surface area (TPSA) is 93.7 Å². The zero-order valence-electron chi connectivity index (χ0n) is 26.7. The Kier molecular flexibility index (Phi) is 8.48. The number of ketones is 1. The van der Waals surface area contributed by atoms with E-state index in [2.05, 4.69) is 19.4 Å². The molecule has 0 saturated carbocycles. The lowest BCUT2D eigenvalue weighted by atomic mass is 10.0. The van der Waals surface area contributed by atoms with Gasteiger partial charge in [0, 0.05) is 68.0 Å². The standard InChI is InChI=1S/C37H37FN8O2/c38-27-7-5-26(6-8-27)36-37(45(25-40-36)29-12-15-43(16-13-29)17-18-44-19-21-48-22-20-44)33-9-10-35-41-28(24-46(35)42-33)23-34(47)31-11-14-39-32-4-2-1-3-30(31)32/h1-11,14,24-25,29H,12-13,15-23H2. The zero-order chi connectivity index (χ0) is 32.5. The second-order valence-corrected chi connectivity index (χ2v) is 12.6. The van der Waals surface area contributed by atoms with Gasteiger partial charge in [-0.15, -0.1) is 0 Å². The number of morpholine rings is 1. The maximum atomic E-state index is 13.9. The van der Waals surface area contributed by atoms with Crippen LogP contribution in [0, 0.1) is 5.82 Å². The minimum atomic E-state index is -0.288. The first-order chi connectivity index (χ1) is 23.6. The van der Waals surface area contributed by atoms with Gasteiger partial charge in [-0.1, -0.05) is 18.2 Å². The summed E-state index contributed by atoms with van der Waals surface area (Å²) in [6, 6.07) is 20.0. The van der Waals surface area contributed by atoms with E-state index in [-0.39, 0.29) is 24.1 Å². The van der Waals surface area contributed by atoms with Gasteiger partial charge in [-0.05, 0) is 61.4 Å². The lowest BCUT2D eigenvalue weighted by molar-refractivity contribution is 0.0316. The minimum absolute atomic E-state index is 0.0230. The van der Waals surface area contributed by atoms with Gasteiger partial charge in [0.1, 0.15) is 11.5 Å². The van der Waals surface area contributed by atoms with Crippen LogP contribution in [0.15, 0.2) is 85.5 Å². The van der Waals surface area contributed by atoms with Crippen LogP contribution >= 0.6 is 0 Å². The van der Waals surface area contributed by atoms with Crippen LogP contribution in [0.1, 0.15) is 34.9 Å². The number of fused-ring (bicyclic) bond motifs is 2. The lowest BCUT2D eigenvalue weighted by Gasteiger charge is -2.35. The molecule has 6 heterocycles. The van der Waals surface area contributed by atoms with Crippen molar-refractivity contribution in [3.63, 3.8) is 0 Å². The summed E-state index contributed by atoms with van der Waals surface area (Å²) in [6.07, 6.45) is 7.55. The summed E-state index contributed by atoms with van der Waals surface area (Å²) in [5.74, 6) is -0.311. The largest absolute Gasteiger partial charge is 0.379 e. The molecular weight excluding hydrogens is 607 g/mol. The average Bonchev–Trinajstić information content (AvgIpc) is 3.75. The number of imidazole rings is 2. The van der Waals surface area contributed by atoms with E-state index >= 15 is 0 Å². The first-order valence-electron chi connectivity index (χ1n) is 16.7. The molecule has 0 N–H and O–H groups in total. The van der Waals surface area contributed by atoms with Crippen LogP contribution in [0.4, 0.5) is 4.39 Å². The van der Waals surface area contributed by atoms with E-state index in [1.165, 1.54) is 12.1 Å². The first-order valence-corrected chi connectivity index (χ1v) is 16.7. The molecule has 0 radical (unpaired) electrons. The van der Waals surface area contributed by atoms with Crippen LogP contribution in [-0.2, 0) is 11.2 Å². The molecular formula is C37H37FN8O2. The molecule has 0 aliphatic carbocycles. The van der Waals surface area contributed by atoms with Crippen LogP contribution < -0.4 is 0 Å². The summed E-state index contributed by atoms with van der Waals surface area (Å²) in [7, 11) is 0. The Labute approximate surface area is 277 Å². The molecule has 48 heavy (non-hydrogen) atoms. The number of hydrogen-bond donors (Lipinski definition) is 0. The average molecular weight is 645 g/mol. The third-order valence-corrected chi connectivity index (χ3v) is 9.60. The van der Waals surface area contributed by atoms with Crippen LogP contribution in [0.25, 0.3) is 39.2 Å². The van der Waals surface area contributed by atoms with Crippen LogP contribution in [0.5, 0.6) is 0 Å². The fourth-order valence-corrected chi connectivity index (χ4v) is 6.98.